The maximum atomic E-state index is 11.0. The first-order valence-electron chi connectivity index (χ1n) is 4.59. The molecule has 80 valence electrons. The summed E-state index contributed by atoms with van der Waals surface area (Å²) in [6.07, 6.45) is 2.57. The van der Waals surface area contributed by atoms with Crippen LogP contribution in [-0.2, 0) is 11.2 Å². The highest BCUT2D eigenvalue weighted by Crippen LogP contribution is 2.03. The van der Waals surface area contributed by atoms with Crippen molar-refractivity contribution in [2.45, 2.75) is 12.8 Å². The molecule has 0 aliphatic heterocycles. The van der Waals surface area contributed by atoms with E-state index in [1.165, 1.54) is 0 Å². The summed E-state index contributed by atoms with van der Waals surface area (Å²) in [5.74, 6) is -0.568. The Kier molecular flexibility index (Phi) is 3.79. The Labute approximate surface area is 87.7 Å². The summed E-state index contributed by atoms with van der Waals surface area (Å²) in [4.78, 5) is 25.6. The molecule has 1 rings (SSSR count). The number of aryl methyl sites for hydroxylation is 1. The predicted molar refractivity (Wildman–Crippen MR) is 55.1 cm³/mol. The number of pyridine rings is 1. The number of nitrogens with one attached hydrogen (secondary N) is 1. The maximum Gasteiger partial charge on any atom is 0.267 e. The van der Waals surface area contributed by atoms with Crippen molar-refractivity contribution in [1.29, 1.82) is 0 Å². The average Bonchev–Trinajstić information content (AvgIpc) is 2.26. The number of hydrogen-bond donors (Lipinski definition) is 2. The SMILES string of the molecule is CNC(=O)CCc1ccc(C(N)=O)nc1. The summed E-state index contributed by atoms with van der Waals surface area (Å²) in [6.45, 7) is 0. The lowest BCUT2D eigenvalue weighted by Gasteiger charge is -2.01. The van der Waals surface area contributed by atoms with E-state index in [0.29, 0.717) is 12.8 Å². The Balaban J connectivity index is 2.57. The first-order valence-corrected chi connectivity index (χ1v) is 4.59. The highest BCUT2D eigenvalue weighted by atomic mass is 16.1. The second-order valence-electron chi connectivity index (χ2n) is 3.09. The molecule has 5 heteroatoms. The molecule has 0 atom stereocenters. The van der Waals surface area contributed by atoms with Crippen LogP contribution in [0.4, 0.5) is 0 Å². The highest BCUT2D eigenvalue weighted by Gasteiger charge is 2.03. The lowest BCUT2D eigenvalue weighted by molar-refractivity contribution is -0.120. The van der Waals surface area contributed by atoms with Crippen LogP contribution in [0.15, 0.2) is 18.3 Å². The lowest BCUT2D eigenvalue weighted by Crippen LogP contribution is -2.18. The van der Waals surface area contributed by atoms with Crippen molar-refractivity contribution in [3.8, 4) is 0 Å². The van der Waals surface area contributed by atoms with Crippen LogP contribution in [0.1, 0.15) is 22.5 Å². The van der Waals surface area contributed by atoms with Gasteiger partial charge < -0.3 is 11.1 Å². The van der Waals surface area contributed by atoms with Crippen LogP contribution in [0, 0.1) is 0 Å². The third-order valence-corrected chi connectivity index (χ3v) is 2.00. The molecule has 0 saturated heterocycles. The second kappa shape index (κ2) is 5.09. The predicted octanol–water partition coefficient (Wildman–Crippen LogP) is -0.141. The van der Waals surface area contributed by atoms with Crippen molar-refractivity contribution in [3.05, 3.63) is 29.6 Å². The van der Waals surface area contributed by atoms with Crippen molar-refractivity contribution >= 4 is 11.8 Å². The normalized spacial score (nSPS) is 9.67. The number of carbonyl (C=O) groups excluding carboxylic acids is 2. The van der Waals surface area contributed by atoms with Gasteiger partial charge in [-0.05, 0) is 18.1 Å². The summed E-state index contributed by atoms with van der Waals surface area (Å²) in [5, 5.41) is 2.53. The molecule has 5 nitrogen and oxygen atoms in total. The zero-order chi connectivity index (χ0) is 11.3. The number of carbonyl (C=O) groups is 2. The number of primary amides is 1. The van der Waals surface area contributed by atoms with Gasteiger partial charge in [-0.1, -0.05) is 6.07 Å². The van der Waals surface area contributed by atoms with Crippen molar-refractivity contribution < 1.29 is 9.59 Å². The van der Waals surface area contributed by atoms with E-state index in [1.807, 2.05) is 0 Å². The molecule has 0 fully saturated rings. The molecular formula is C10H13N3O2. The Morgan fingerprint density at radius 3 is 2.67 bits per heavy atom. The molecule has 1 heterocycles. The molecule has 1 aromatic heterocycles. The minimum Gasteiger partial charge on any atom is -0.364 e. The molecule has 0 aliphatic carbocycles. The lowest BCUT2D eigenvalue weighted by atomic mass is 10.1. The van der Waals surface area contributed by atoms with E-state index in [9.17, 15) is 9.59 Å². The standard InChI is InChI=1S/C10H13N3O2/c1-12-9(14)5-3-7-2-4-8(10(11)15)13-6-7/h2,4,6H,3,5H2,1H3,(H2,11,15)(H,12,14). The average molecular weight is 207 g/mol. The Bertz CT molecular complexity index is 359. The second-order valence-corrected chi connectivity index (χ2v) is 3.09. The molecule has 2 amide bonds. The van der Waals surface area contributed by atoms with Crippen LogP contribution in [0.3, 0.4) is 0 Å². The molecule has 0 aromatic carbocycles. The highest BCUT2D eigenvalue weighted by molar-refractivity contribution is 5.90. The summed E-state index contributed by atoms with van der Waals surface area (Å²) >= 11 is 0. The van der Waals surface area contributed by atoms with Gasteiger partial charge in [-0.15, -0.1) is 0 Å². The van der Waals surface area contributed by atoms with E-state index >= 15 is 0 Å². The van der Waals surface area contributed by atoms with Gasteiger partial charge in [0.05, 0.1) is 0 Å². The zero-order valence-electron chi connectivity index (χ0n) is 8.49. The Morgan fingerprint density at radius 1 is 1.47 bits per heavy atom. The van der Waals surface area contributed by atoms with E-state index in [-0.39, 0.29) is 11.6 Å². The van der Waals surface area contributed by atoms with Crippen LogP contribution >= 0.6 is 0 Å². The molecular weight excluding hydrogens is 194 g/mol. The monoisotopic (exact) mass is 207 g/mol. The van der Waals surface area contributed by atoms with Crippen LogP contribution in [0.5, 0.6) is 0 Å². The van der Waals surface area contributed by atoms with Gasteiger partial charge in [0.1, 0.15) is 5.69 Å². The van der Waals surface area contributed by atoms with Crippen molar-refractivity contribution in [1.82, 2.24) is 10.3 Å². The molecule has 0 spiro atoms. The number of nitrogens with zero attached hydrogens (tertiary/aromatic N) is 1. The topological polar surface area (TPSA) is 85.1 Å². The summed E-state index contributed by atoms with van der Waals surface area (Å²) in [7, 11) is 1.59. The molecule has 0 aliphatic rings. The Hall–Kier alpha value is -1.91. The van der Waals surface area contributed by atoms with E-state index < -0.39 is 5.91 Å². The van der Waals surface area contributed by atoms with Gasteiger partial charge in [-0.25, -0.2) is 0 Å². The number of aromatic nitrogens is 1. The molecule has 0 unspecified atom stereocenters. The Morgan fingerprint density at radius 2 is 2.20 bits per heavy atom. The van der Waals surface area contributed by atoms with Crippen molar-refractivity contribution in [2.24, 2.45) is 5.73 Å². The molecule has 0 bridgehead atoms. The smallest absolute Gasteiger partial charge is 0.267 e. The minimum absolute atomic E-state index is 0.0195. The van der Waals surface area contributed by atoms with E-state index in [1.54, 1.807) is 25.4 Å². The van der Waals surface area contributed by atoms with Gasteiger partial charge in [0, 0.05) is 19.7 Å². The molecule has 0 saturated carbocycles. The molecule has 0 radical (unpaired) electrons. The van der Waals surface area contributed by atoms with E-state index in [4.69, 9.17) is 5.73 Å². The van der Waals surface area contributed by atoms with Crippen LogP contribution in [0.25, 0.3) is 0 Å². The van der Waals surface area contributed by atoms with Crippen LogP contribution in [-0.4, -0.2) is 23.8 Å². The maximum absolute atomic E-state index is 11.0. The van der Waals surface area contributed by atoms with Gasteiger partial charge >= 0.3 is 0 Å². The molecule has 15 heavy (non-hydrogen) atoms. The van der Waals surface area contributed by atoms with Gasteiger partial charge in [0.15, 0.2) is 0 Å². The summed E-state index contributed by atoms with van der Waals surface area (Å²) in [5.41, 5.74) is 6.18. The quantitative estimate of drug-likeness (QED) is 0.720. The number of nitrogens with two attached hydrogens (primary N) is 1. The van der Waals surface area contributed by atoms with Crippen molar-refractivity contribution in [2.75, 3.05) is 7.05 Å². The number of hydrogen-bond acceptors (Lipinski definition) is 3. The van der Waals surface area contributed by atoms with E-state index in [2.05, 4.69) is 10.3 Å². The van der Waals surface area contributed by atoms with Crippen LogP contribution < -0.4 is 11.1 Å². The molecule has 3 N–H and O–H groups in total. The third kappa shape index (κ3) is 3.38. The van der Waals surface area contributed by atoms with Crippen molar-refractivity contribution in [3.63, 3.8) is 0 Å². The number of rotatable bonds is 4. The van der Waals surface area contributed by atoms with Gasteiger partial charge in [0.25, 0.3) is 5.91 Å². The van der Waals surface area contributed by atoms with Gasteiger partial charge in [-0.2, -0.15) is 0 Å². The fourth-order valence-corrected chi connectivity index (χ4v) is 1.10. The number of amides is 2. The zero-order valence-corrected chi connectivity index (χ0v) is 8.49. The van der Waals surface area contributed by atoms with E-state index in [0.717, 1.165) is 5.56 Å². The first kappa shape index (κ1) is 11.2. The van der Waals surface area contributed by atoms with Crippen LogP contribution in [0.2, 0.25) is 0 Å². The third-order valence-electron chi connectivity index (χ3n) is 2.00. The summed E-state index contributed by atoms with van der Waals surface area (Å²) in [6, 6.07) is 3.30. The van der Waals surface area contributed by atoms with Gasteiger partial charge in [-0.3, -0.25) is 14.6 Å². The summed E-state index contributed by atoms with van der Waals surface area (Å²) < 4.78 is 0. The minimum atomic E-state index is -0.548. The first-order chi connectivity index (χ1) is 7.13. The largest absolute Gasteiger partial charge is 0.364 e. The molecule has 1 aromatic rings. The van der Waals surface area contributed by atoms with Gasteiger partial charge in [0.2, 0.25) is 5.91 Å². The fraction of sp³-hybridized carbons (Fsp3) is 0.300. The fourth-order valence-electron chi connectivity index (χ4n) is 1.10.